The number of nitrogens with one attached hydrogen (secondary N) is 2. The highest BCUT2D eigenvalue weighted by Gasteiger charge is 2.23. The molecule has 138 valence electrons. The number of hydrogen-bond donors (Lipinski definition) is 3. The first kappa shape index (κ1) is 18.7. The molecule has 3 rings (SSSR count). The number of hydrogen-bond acceptors (Lipinski definition) is 7. The zero-order chi connectivity index (χ0) is 19.4. The Bertz CT molecular complexity index is 982. The van der Waals surface area contributed by atoms with Crippen LogP contribution in [-0.4, -0.2) is 14.9 Å². The van der Waals surface area contributed by atoms with Crippen LogP contribution >= 0.6 is 23.2 Å². The fourth-order valence-corrected chi connectivity index (χ4v) is 2.62. The van der Waals surface area contributed by atoms with Crippen LogP contribution in [0, 0.1) is 10.1 Å². The van der Waals surface area contributed by atoms with Crippen molar-refractivity contribution in [3.8, 4) is 0 Å². The van der Waals surface area contributed by atoms with E-state index in [1.165, 1.54) is 0 Å². The third-order valence-electron chi connectivity index (χ3n) is 3.54. The van der Waals surface area contributed by atoms with Gasteiger partial charge in [-0.3, -0.25) is 10.1 Å². The monoisotopic (exact) mass is 404 g/mol. The Balaban J connectivity index is 1.88. The van der Waals surface area contributed by atoms with Crippen molar-refractivity contribution in [3.05, 3.63) is 74.3 Å². The minimum Gasteiger partial charge on any atom is -0.378 e. The van der Waals surface area contributed by atoms with E-state index < -0.39 is 10.6 Å². The minimum atomic E-state index is -0.634. The van der Waals surface area contributed by atoms with Crippen LogP contribution < -0.4 is 16.4 Å². The number of nitrogens with zero attached hydrogens (tertiary/aromatic N) is 3. The second-order valence-corrected chi connectivity index (χ2v) is 6.38. The van der Waals surface area contributed by atoms with E-state index in [9.17, 15) is 10.1 Å². The topological polar surface area (TPSA) is 119 Å². The van der Waals surface area contributed by atoms with E-state index in [-0.39, 0.29) is 17.6 Å². The van der Waals surface area contributed by atoms with Gasteiger partial charge < -0.3 is 16.4 Å². The normalized spacial score (nSPS) is 10.4. The van der Waals surface area contributed by atoms with Crippen molar-refractivity contribution in [2.75, 3.05) is 16.4 Å². The Labute approximate surface area is 164 Å². The van der Waals surface area contributed by atoms with Crippen molar-refractivity contribution in [2.45, 2.75) is 6.54 Å². The van der Waals surface area contributed by atoms with E-state index in [4.69, 9.17) is 28.9 Å². The molecule has 2 aromatic carbocycles. The Morgan fingerprint density at radius 2 is 1.81 bits per heavy atom. The van der Waals surface area contributed by atoms with E-state index in [1.807, 2.05) is 12.1 Å². The van der Waals surface area contributed by atoms with Crippen LogP contribution in [0.2, 0.25) is 10.0 Å². The third-order valence-corrected chi connectivity index (χ3v) is 4.03. The van der Waals surface area contributed by atoms with Gasteiger partial charge in [0.05, 0.1) is 4.92 Å². The fraction of sp³-hybridized carbons (Fsp3) is 0.0588. The smallest absolute Gasteiger partial charge is 0.353 e. The maximum atomic E-state index is 11.4. The van der Waals surface area contributed by atoms with Gasteiger partial charge in [0.2, 0.25) is 17.6 Å². The average Bonchev–Trinajstić information content (AvgIpc) is 2.60. The number of nitrogens with two attached hydrogens (primary N) is 1. The van der Waals surface area contributed by atoms with Crippen molar-refractivity contribution in [1.82, 2.24) is 9.97 Å². The number of nitro groups is 1. The lowest BCUT2D eigenvalue weighted by Crippen LogP contribution is -2.10. The van der Waals surface area contributed by atoms with Gasteiger partial charge >= 0.3 is 5.69 Å². The van der Waals surface area contributed by atoms with E-state index >= 15 is 0 Å². The molecule has 0 saturated heterocycles. The van der Waals surface area contributed by atoms with Crippen LogP contribution in [0.5, 0.6) is 0 Å². The zero-order valence-corrected chi connectivity index (χ0v) is 15.3. The molecule has 0 amide bonds. The molecule has 0 aliphatic carbocycles. The Morgan fingerprint density at radius 1 is 1.07 bits per heavy atom. The van der Waals surface area contributed by atoms with Gasteiger partial charge in [0.25, 0.3) is 0 Å². The summed E-state index contributed by atoms with van der Waals surface area (Å²) in [7, 11) is 0. The zero-order valence-electron chi connectivity index (χ0n) is 13.8. The van der Waals surface area contributed by atoms with Crippen LogP contribution in [0.4, 0.5) is 29.0 Å². The molecule has 0 bridgehead atoms. The summed E-state index contributed by atoms with van der Waals surface area (Å²) in [6.45, 7) is 0.394. The van der Waals surface area contributed by atoms with Crippen LogP contribution in [0.3, 0.4) is 0 Å². The third kappa shape index (κ3) is 4.75. The Morgan fingerprint density at radius 3 is 2.48 bits per heavy atom. The fourth-order valence-electron chi connectivity index (χ4n) is 2.30. The van der Waals surface area contributed by atoms with Crippen LogP contribution in [0.15, 0.2) is 48.5 Å². The largest absolute Gasteiger partial charge is 0.378 e. The molecule has 4 N–H and O–H groups in total. The van der Waals surface area contributed by atoms with E-state index in [0.717, 1.165) is 5.56 Å². The number of aromatic nitrogens is 2. The summed E-state index contributed by atoms with van der Waals surface area (Å²) in [4.78, 5) is 18.9. The van der Waals surface area contributed by atoms with Crippen molar-refractivity contribution in [3.63, 3.8) is 0 Å². The Kier molecular flexibility index (Phi) is 5.58. The highest BCUT2D eigenvalue weighted by Crippen LogP contribution is 2.32. The molecular weight excluding hydrogens is 391 g/mol. The molecule has 1 aromatic heterocycles. The molecule has 0 unspecified atom stereocenters. The summed E-state index contributed by atoms with van der Waals surface area (Å²) in [6.07, 6.45) is 0. The highest BCUT2D eigenvalue weighted by atomic mass is 35.5. The highest BCUT2D eigenvalue weighted by molar-refractivity contribution is 6.31. The number of nitrogen functional groups attached to an aromatic ring is 1. The number of halogens is 2. The first-order valence-corrected chi connectivity index (χ1v) is 8.51. The van der Waals surface area contributed by atoms with Crippen molar-refractivity contribution < 1.29 is 4.92 Å². The van der Waals surface area contributed by atoms with Gasteiger partial charge in [-0.2, -0.15) is 9.97 Å². The maximum Gasteiger partial charge on any atom is 0.353 e. The predicted molar refractivity (Wildman–Crippen MR) is 107 cm³/mol. The number of benzene rings is 2. The molecule has 0 spiro atoms. The summed E-state index contributed by atoms with van der Waals surface area (Å²) in [5.41, 5.74) is 6.84. The Hall–Kier alpha value is -3.10. The SMILES string of the molecule is Nc1nc(NCc2ccc(Cl)cc2)nc(Nc2cccc(Cl)c2)c1[N+](=O)[O-]. The molecule has 10 heteroatoms. The molecule has 8 nitrogen and oxygen atoms in total. The van der Waals surface area contributed by atoms with E-state index in [2.05, 4.69) is 20.6 Å². The van der Waals surface area contributed by atoms with Gasteiger partial charge in [-0.25, -0.2) is 0 Å². The van der Waals surface area contributed by atoms with Gasteiger partial charge in [-0.1, -0.05) is 41.4 Å². The number of anilines is 4. The summed E-state index contributed by atoms with van der Waals surface area (Å²) < 4.78 is 0. The molecule has 27 heavy (non-hydrogen) atoms. The molecule has 1 heterocycles. The standard InChI is InChI=1S/C17H14Cl2N6O2/c18-11-6-4-10(5-7-11)9-21-17-23-15(20)14(25(26)27)16(24-17)22-13-3-1-2-12(19)8-13/h1-8H,9H2,(H4,20,21,22,23,24). The molecule has 0 aliphatic rings. The summed E-state index contributed by atoms with van der Waals surface area (Å²) in [5, 5.41) is 18.3. The van der Waals surface area contributed by atoms with Crippen LogP contribution in [0.1, 0.15) is 5.56 Å². The first-order valence-electron chi connectivity index (χ1n) is 7.75. The minimum absolute atomic E-state index is 0.0339. The first-order chi connectivity index (χ1) is 12.9. The average molecular weight is 405 g/mol. The number of rotatable bonds is 6. The van der Waals surface area contributed by atoms with Crippen LogP contribution in [0.25, 0.3) is 0 Å². The van der Waals surface area contributed by atoms with Gasteiger partial charge in [0.15, 0.2) is 0 Å². The van der Waals surface area contributed by atoms with Gasteiger partial charge in [-0.15, -0.1) is 0 Å². The van der Waals surface area contributed by atoms with Crippen molar-refractivity contribution in [2.24, 2.45) is 0 Å². The molecule has 0 radical (unpaired) electrons. The van der Waals surface area contributed by atoms with E-state index in [1.54, 1.807) is 36.4 Å². The predicted octanol–water partition coefficient (Wildman–Crippen LogP) is 4.63. The van der Waals surface area contributed by atoms with Crippen molar-refractivity contribution in [1.29, 1.82) is 0 Å². The van der Waals surface area contributed by atoms with Crippen LogP contribution in [-0.2, 0) is 6.54 Å². The van der Waals surface area contributed by atoms with Gasteiger partial charge in [0.1, 0.15) is 0 Å². The molecule has 0 fully saturated rings. The van der Waals surface area contributed by atoms with Crippen molar-refractivity contribution >= 4 is 52.2 Å². The molecule has 0 saturated carbocycles. The summed E-state index contributed by atoms with van der Waals surface area (Å²) in [5.74, 6) is -0.135. The lowest BCUT2D eigenvalue weighted by Gasteiger charge is -2.11. The second-order valence-electron chi connectivity index (χ2n) is 5.50. The van der Waals surface area contributed by atoms with E-state index in [0.29, 0.717) is 22.3 Å². The lowest BCUT2D eigenvalue weighted by molar-refractivity contribution is -0.383. The maximum absolute atomic E-state index is 11.4. The lowest BCUT2D eigenvalue weighted by atomic mass is 10.2. The molecule has 0 aliphatic heterocycles. The van der Waals surface area contributed by atoms with Gasteiger partial charge in [-0.05, 0) is 35.9 Å². The molecular formula is C17H14Cl2N6O2. The summed E-state index contributed by atoms with van der Waals surface area (Å²) in [6, 6.07) is 13.9. The molecule has 0 atom stereocenters. The second kappa shape index (κ2) is 8.07. The molecule has 3 aromatic rings. The quantitative estimate of drug-likeness (QED) is 0.404. The van der Waals surface area contributed by atoms with Gasteiger partial charge in [0, 0.05) is 22.3 Å². The summed E-state index contributed by atoms with van der Waals surface area (Å²) >= 11 is 11.8.